The van der Waals surface area contributed by atoms with Gasteiger partial charge in [-0.2, -0.15) is 5.10 Å². The number of ether oxygens (including phenoxy) is 3. The highest BCUT2D eigenvalue weighted by molar-refractivity contribution is 7.21. The van der Waals surface area contributed by atoms with Crippen molar-refractivity contribution in [3.8, 4) is 17.2 Å². The van der Waals surface area contributed by atoms with Crippen molar-refractivity contribution in [2.45, 2.75) is 0 Å². The zero-order valence-electron chi connectivity index (χ0n) is 16.1. The molecule has 0 atom stereocenters. The normalized spacial score (nSPS) is 10.9. The van der Waals surface area contributed by atoms with Crippen molar-refractivity contribution in [2.75, 3.05) is 21.3 Å². The van der Waals surface area contributed by atoms with Crippen molar-refractivity contribution in [1.82, 2.24) is 5.43 Å². The van der Waals surface area contributed by atoms with Crippen LogP contribution in [-0.2, 0) is 0 Å². The number of benzene rings is 2. The van der Waals surface area contributed by atoms with Gasteiger partial charge in [0.05, 0.1) is 37.5 Å². The molecule has 0 bridgehead atoms. The van der Waals surface area contributed by atoms with Crippen LogP contribution in [0.1, 0.15) is 15.2 Å². The third-order valence-corrected chi connectivity index (χ3v) is 5.79. The van der Waals surface area contributed by atoms with Crippen LogP contribution < -0.4 is 19.6 Å². The van der Waals surface area contributed by atoms with Crippen LogP contribution in [0.3, 0.4) is 0 Å². The topological polar surface area (TPSA) is 112 Å². The molecule has 1 amide bonds. The summed E-state index contributed by atoms with van der Waals surface area (Å²) in [5, 5.41) is 15.7. The molecule has 9 nitrogen and oxygen atoms in total. The summed E-state index contributed by atoms with van der Waals surface area (Å²) in [5.74, 6) is 0.729. The van der Waals surface area contributed by atoms with E-state index in [9.17, 15) is 14.9 Å². The van der Waals surface area contributed by atoms with Crippen LogP contribution in [0, 0.1) is 10.1 Å². The van der Waals surface area contributed by atoms with E-state index in [-0.39, 0.29) is 15.6 Å². The van der Waals surface area contributed by atoms with Crippen LogP contribution in [0.2, 0.25) is 5.02 Å². The number of nitro groups is 1. The maximum atomic E-state index is 12.5. The Kier molecular flexibility index (Phi) is 6.38. The van der Waals surface area contributed by atoms with Gasteiger partial charge in [-0.1, -0.05) is 11.6 Å². The summed E-state index contributed by atoms with van der Waals surface area (Å²) >= 11 is 7.32. The van der Waals surface area contributed by atoms with E-state index in [1.54, 1.807) is 12.1 Å². The van der Waals surface area contributed by atoms with E-state index in [1.807, 2.05) is 0 Å². The van der Waals surface area contributed by atoms with E-state index < -0.39 is 10.8 Å². The molecular weight excluding hydrogens is 434 g/mol. The molecule has 0 radical (unpaired) electrons. The zero-order chi connectivity index (χ0) is 21.8. The summed E-state index contributed by atoms with van der Waals surface area (Å²) in [6.45, 7) is 0. The van der Waals surface area contributed by atoms with Gasteiger partial charge in [-0.05, 0) is 18.2 Å². The highest BCUT2D eigenvalue weighted by Crippen LogP contribution is 2.39. The lowest BCUT2D eigenvalue weighted by molar-refractivity contribution is -0.384. The first-order valence-electron chi connectivity index (χ1n) is 8.40. The maximum Gasteiger partial charge on any atom is 0.283 e. The number of hydrazone groups is 1. The SMILES string of the molecule is COc1ccc(C=NNC(=O)c2sc3cc([N+](=O)[O-])ccc3c2Cl)c(OC)c1OC. The number of thiophene rings is 1. The molecule has 0 saturated carbocycles. The highest BCUT2D eigenvalue weighted by atomic mass is 35.5. The van der Waals surface area contributed by atoms with Gasteiger partial charge in [0.2, 0.25) is 5.75 Å². The molecule has 0 unspecified atom stereocenters. The molecule has 3 aromatic rings. The number of non-ortho nitro benzene ring substituents is 1. The Morgan fingerprint density at radius 1 is 1.17 bits per heavy atom. The molecule has 3 rings (SSSR count). The summed E-state index contributed by atoms with van der Waals surface area (Å²) in [6.07, 6.45) is 1.39. The Morgan fingerprint density at radius 3 is 2.53 bits per heavy atom. The summed E-state index contributed by atoms with van der Waals surface area (Å²) < 4.78 is 16.4. The molecule has 0 spiro atoms. The molecule has 156 valence electrons. The number of carbonyl (C=O) groups excluding carboxylic acids is 1. The number of hydrogen-bond donors (Lipinski definition) is 1. The van der Waals surface area contributed by atoms with E-state index >= 15 is 0 Å². The van der Waals surface area contributed by atoms with Gasteiger partial charge in [-0.15, -0.1) is 11.3 Å². The second-order valence-electron chi connectivity index (χ2n) is 5.81. The quantitative estimate of drug-likeness (QED) is 0.328. The van der Waals surface area contributed by atoms with Gasteiger partial charge in [0.25, 0.3) is 11.6 Å². The average molecular weight is 450 g/mol. The number of rotatable bonds is 7. The smallest absolute Gasteiger partial charge is 0.283 e. The van der Waals surface area contributed by atoms with Gasteiger partial charge in [-0.25, -0.2) is 5.43 Å². The lowest BCUT2D eigenvalue weighted by Gasteiger charge is -2.13. The van der Waals surface area contributed by atoms with E-state index in [0.29, 0.717) is 32.9 Å². The van der Waals surface area contributed by atoms with Crippen molar-refractivity contribution < 1.29 is 23.9 Å². The van der Waals surface area contributed by atoms with Crippen LogP contribution in [0.4, 0.5) is 5.69 Å². The Balaban J connectivity index is 1.84. The number of halogens is 1. The van der Waals surface area contributed by atoms with Crippen LogP contribution in [-0.4, -0.2) is 38.4 Å². The number of carbonyl (C=O) groups is 1. The van der Waals surface area contributed by atoms with Crippen LogP contribution in [0.15, 0.2) is 35.4 Å². The highest BCUT2D eigenvalue weighted by Gasteiger charge is 2.19. The van der Waals surface area contributed by atoms with Crippen molar-refractivity contribution in [1.29, 1.82) is 0 Å². The fraction of sp³-hybridized carbons (Fsp3) is 0.158. The minimum Gasteiger partial charge on any atom is -0.493 e. The molecule has 1 aromatic heterocycles. The number of amides is 1. The average Bonchev–Trinajstić information content (AvgIpc) is 3.08. The molecule has 11 heteroatoms. The first-order valence-corrected chi connectivity index (χ1v) is 9.59. The van der Waals surface area contributed by atoms with Crippen LogP contribution in [0.25, 0.3) is 10.1 Å². The molecule has 30 heavy (non-hydrogen) atoms. The number of nitrogens with one attached hydrogen (secondary N) is 1. The summed E-state index contributed by atoms with van der Waals surface area (Å²) in [4.78, 5) is 23.1. The zero-order valence-corrected chi connectivity index (χ0v) is 17.7. The van der Waals surface area contributed by atoms with E-state index in [0.717, 1.165) is 11.3 Å². The summed E-state index contributed by atoms with van der Waals surface area (Å²) in [6, 6.07) is 7.60. The molecular formula is C19H16ClN3O6S. The third kappa shape index (κ3) is 4.00. The Labute approximate surface area is 180 Å². The minimum absolute atomic E-state index is 0.0778. The number of methoxy groups -OCH3 is 3. The Morgan fingerprint density at radius 2 is 1.90 bits per heavy atom. The lowest BCUT2D eigenvalue weighted by atomic mass is 10.2. The van der Waals surface area contributed by atoms with E-state index in [2.05, 4.69) is 10.5 Å². The van der Waals surface area contributed by atoms with Crippen molar-refractivity contribution in [2.24, 2.45) is 5.10 Å². The number of nitro benzene ring substituents is 1. The van der Waals surface area contributed by atoms with E-state index in [4.69, 9.17) is 25.8 Å². The van der Waals surface area contributed by atoms with Crippen molar-refractivity contribution in [3.63, 3.8) is 0 Å². The number of hydrogen-bond acceptors (Lipinski definition) is 8. The predicted octanol–water partition coefficient (Wildman–Crippen LogP) is 4.25. The third-order valence-electron chi connectivity index (χ3n) is 4.13. The fourth-order valence-corrected chi connectivity index (χ4v) is 4.19. The molecule has 0 saturated heterocycles. The lowest BCUT2D eigenvalue weighted by Crippen LogP contribution is -2.16. The minimum atomic E-state index is -0.542. The standard InChI is InChI=1S/C19H16ClN3O6S/c1-27-13-7-4-10(16(28-2)17(13)29-3)9-21-22-19(24)18-15(20)12-6-5-11(23(25)26)8-14(12)30-18/h4-9H,1-3H3,(H,22,24). The monoisotopic (exact) mass is 449 g/mol. The number of fused-ring (bicyclic) bond motifs is 1. The molecule has 1 heterocycles. The van der Waals surface area contributed by atoms with Gasteiger partial charge >= 0.3 is 0 Å². The fourth-order valence-electron chi connectivity index (χ4n) is 2.75. The first-order chi connectivity index (χ1) is 14.4. The van der Waals surface area contributed by atoms with Gasteiger partial charge in [0.15, 0.2) is 11.5 Å². The number of nitrogens with zero attached hydrogens (tertiary/aromatic N) is 2. The predicted molar refractivity (Wildman–Crippen MR) is 115 cm³/mol. The first kappa shape index (κ1) is 21.3. The van der Waals surface area contributed by atoms with Gasteiger partial charge in [-0.3, -0.25) is 14.9 Å². The largest absolute Gasteiger partial charge is 0.493 e. The molecule has 0 aliphatic carbocycles. The molecule has 2 aromatic carbocycles. The van der Waals surface area contributed by atoms with E-state index in [1.165, 1.54) is 45.7 Å². The molecule has 0 aliphatic heterocycles. The second-order valence-corrected chi connectivity index (χ2v) is 7.24. The summed E-state index contributed by atoms with van der Waals surface area (Å²) in [7, 11) is 4.47. The van der Waals surface area contributed by atoms with Crippen molar-refractivity contribution in [3.05, 3.63) is 55.9 Å². The molecule has 1 N–H and O–H groups in total. The van der Waals surface area contributed by atoms with Crippen LogP contribution in [0.5, 0.6) is 17.2 Å². The van der Waals surface area contributed by atoms with Gasteiger partial charge in [0, 0.05) is 27.8 Å². The van der Waals surface area contributed by atoms with Gasteiger partial charge < -0.3 is 14.2 Å². The van der Waals surface area contributed by atoms with Gasteiger partial charge in [0.1, 0.15) is 4.88 Å². The Bertz CT molecular complexity index is 1160. The summed E-state index contributed by atoms with van der Waals surface area (Å²) in [5.41, 5.74) is 2.87. The maximum absolute atomic E-state index is 12.5. The second kappa shape index (κ2) is 8.97. The molecule has 0 fully saturated rings. The Hall–Kier alpha value is -3.37. The van der Waals surface area contributed by atoms with Crippen molar-refractivity contribution >= 4 is 50.8 Å². The van der Waals surface area contributed by atoms with Crippen LogP contribution >= 0.6 is 22.9 Å². The molecule has 0 aliphatic rings.